The Kier molecular flexibility index (Phi) is 4.34. The molecule has 1 aliphatic heterocycles. The van der Waals surface area contributed by atoms with Crippen LogP contribution in [0.2, 0.25) is 0 Å². The van der Waals surface area contributed by atoms with E-state index in [9.17, 15) is 18.0 Å². The number of amides is 1. The minimum absolute atomic E-state index is 0.0921. The van der Waals surface area contributed by atoms with Gasteiger partial charge in [0.25, 0.3) is 10.1 Å². The van der Waals surface area contributed by atoms with Crippen molar-refractivity contribution in [2.45, 2.75) is 12.5 Å². The topological polar surface area (TPSA) is 112 Å². The second-order valence-electron chi connectivity index (χ2n) is 3.87. The molecule has 0 spiro atoms. The predicted octanol–water partition coefficient (Wildman–Crippen LogP) is -0.585. The minimum atomic E-state index is -4.46. The van der Waals surface area contributed by atoms with Crippen LogP contribution in [0.1, 0.15) is 6.42 Å². The summed E-state index contributed by atoms with van der Waals surface area (Å²) in [5, 5.41) is 8.87. The van der Waals surface area contributed by atoms with Crippen molar-refractivity contribution in [1.82, 2.24) is 4.90 Å². The number of rotatable bonds is 5. The van der Waals surface area contributed by atoms with E-state index in [0.717, 1.165) is 4.90 Å². The van der Waals surface area contributed by atoms with Gasteiger partial charge in [0.1, 0.15) is 11.8 Å². The monoisotopic (exact) mass is 285 g/mol. The van der Waals surface area contributed by atoms with E-state index >= 15 is 0 Å². The first-order valence-corrected chi connectivity index (χ1v) is 6.92. The van der Waals surface area contributed by atoms with Crippen LogP contribution in [0.25, 0.3) is 0 Å². The fourth-order valence-corrected chi connectivity index (χ4v) is 2.64. The highest BCUT2D eigenvalue weighted by Crippen LogP contribution is 2.22. The molecule has 0 saturated carbocycles. The first-order chi connectivity index (χ1) is 7.74. The van der Waals surface area contributed by atoms with Crippen molar-refractivity contribution < 1.29 is 27.7 Å². The molecule has 0 bridgehead atoms. The van der Waals surface area contributed by atoms with Gasteiger partial charge in [0.2, 0.25) is 5.91 Å². The molecule has 0 aliphatic carbocycles. The lowest BCUT2D eigenvalue weighted by atomic mass is 10.1. The molecule has 1 saturated heterocycles. The standard InChI is InChI=1S/C8H12ClNO6S/c9-2-5-1-7(11)10(3-5)6(8(12)13)4-17(14,15)16/h5-6H,1-4H2,(H,12,13)(H,14,15,16). The van der Waals surface area contributed by atoms with Crippen LogP contribution < -0.4 is 0 Å². The highest BCUT2D eigenvalue weighted by Gasteiger charge is 2.39. The van der Waals surface area contributed by atoms with Crippen molar-refractivity contribution in [3.63, 3.8) is 0 Å². The molecule has 1 rings (SSSR count). The second-order valence-corrected chi connectivity index (χ2v) is 5.68. The van der Waals surface area contributed by atoms with Crippen molar-refractivity contribution in [3.05, 3.63) is 0 Å². The van der Waals surface area contributed by atoms with Crippen molar-refractivity contribution in [2.75, 3.05) is 18.2 Å². The normalized spacial score (nSPS) is 22.8. The molecule has 1 heterocycles. The van der Waals surface area contributed by atoms with Crippen LogP contribution in [0.15, 0.2) is 0 Å². The number of alkyl halides is 1. The van der Waals surface area contributed by atoms with Crippen LogP contribution in [0, 0.1) is 5.92 Å². The Labute approximate surface area is 103 Å². The summed E-state index contributed by atoms with van der Waals surface area (Å²) in [5.41, 5.74) is 0. The SMILES string of the molecule is O=C(O)C(CS(=O)(=O)O)N1CC(CCl)CC1=O. The summed E-state index contributed by atoms with van der Waals surface area (Å²) in [7, 11) is -4.46. The molecule has 0 aromatic carbocycles. The van der Waals surface area contributed by atoms with E-state index in [0.29, 0.717) is 0 Å². The Morgan fingerprint density at radius 3 is 2.53 bits per heavy atom. The van der Waals surface area contributed by atoms with Gasteiger partial charge in [-0.25, -0.2) is 4.79 Å². The first kappa shape index (κ1) is 14.2. The first-order valence-electron chi connectivity index (χ1n) is 4.78. The summed E-state index contributed by atoms with van der Waals surface area (Å²) < 4.78 is 30.0. The van der Waals surface area contributed by atoms with Crippen molar-refractivity contribution in [1.29, 1.82) is 0 Å². The number of aliphatic carboxylic acids is 1. The van der Waals surface area contributed by atoms with Crippen LogP contribution in [-0.4, -0.2) is 59.1 Å². The molecule has 2 N–H and O–H groups in total. The van der Waals surface area contributed by atoms with E-state index in [4.69, 9.17) is 21.3 Å². The summed E-state index contributed by atoms with van der Waals surface area (Å²) in [4.78, 5) is 23.3. The molecule has 1 amide bonds. The van der Waals surface area contributed by atoms with E-state index < -0.39 is 33.8 Å². The van der Waals surface area contributed by atoms with Crippen molar-refractivity contribution in [2.24, 2.45) is 5.92 Å². The van der Waals surface area contributed by atoms with Gasteiger partial charge in [-0.3, -0.25) is 9.35 Å². The maximum absolute atomic E-state index is 11.5. The molecule has 2 atom stereocenters. The van der Waals surface area contributed by atoms with E-state index in [1.165, 1.54) is 0 Å². The smallest absolute Gasteiger partial charge is 0.327 e. The number of halogens is 1. The zero-order chi connectivity index (χ0) is 13.2. The summed E-state index contributed by atoms with van der Waals surface area (Å²) in [6, 6.07) is -1.56. The van der Waals surface area contributed by atoms with Gasteiger partial charge in [-0.05, 0) is 5.92 Å². The van der Waals surface area contributed by atoms with Gasteiger partial charge >= 0.3 is 5.97 Å². The molecule has 2 unspecified atom stereocenters. The van der Waals surface area contributed by atoms with E-state index in [2.05, 4.69) is 0 Å². The van der Waals surface area contributed by atoms with Gasteiger partial charge in [-0.15, -0.1) is 11.6 Å². The summed E-state index contributed by atoms with van der Waals surface area (Å²) in [6.07, 6.45) is 0.0960. The Morgan fingerprint density at radius 1 is 1.59 bits per heavy atom. The fourth-order valence-electron chi connectivity index (χ4n) is 1.71. The largest absolute Gasteiger partial charge is 0.480 e. The van der Waals surface area contributed by atoms with Crippen LogP contribution >= 0.6 is 11.6 Å². The molecule has 0 aromatic rings. The van der Waals surface area contributed by atoms with Crippen LogP contribution in [0.3, 0.4) is 0 Å². The van der Waals surface area contributed by atoms with Crippen molar-refractivity contribution >= 4 is 33.6 Å². The van der Waals surface area contributed by atoms with E-state index in [1.807, 2.05) is 0 Å². The number of carbonyl (C=O) groups excluding carboxylic acids is 1. The zero-order valence-corrected chi connectivity index (χ0v) is 10.3. The molecule has 0 radical (unpaired) electrons. The molecule has 98 valence electrons. The second kappa shape index (κ2) is 5.19. The summed E-state index contributed by atoms with van der Waals surface area (Å²) >= 11 is 5.56. The number of nitrogens with zero attached hydrogens (tertiary/aromatic N) is 1. The average molecular weight is 286 g/mol. The Bertz CT molecular complexity index is 422. The van der Waals surface area contributed by atoms with Gasteiger partial charge in [0, 0.05) is 18.8 Å². The molecule has 7 nitrogen and oxygen atoms in total. The van der Waals surface area contributed by atoms with E-state index in [-0.39, 0.29) is 24.8 Å². The maximum Gasteiger partial charge on any atom is 0.327 e. The number of carboxylic acid groups (broad SMARTS) is 1. The number of carbonyl (C=O) groups is 2. The highest BCUT2D eigenvalue weighted by molar-refractivity contribution is 7.85. The summed E-state index contributed by atoms with van der Waals surface area (Å²) in [5.74, 6) is -2.94. The number of hydrogen-bond donors (Lipinski definition) is 2. The van der Waals surface area contributed by atoms with E-state index in [1.54, 1.807) is 0 Å². The fraction of sp³-hybridized carbons (Fsp3) is 0.750. The highest BCUT2D eigenvalue weighted by atomic mass is 35.5. The molecule has 1 fully saturated rings. The average Bonchev–Trinajstić information content (AvgIpc) is 2.54. The van der Waals surface area contributed by atoms with Gasteiger partial charge < -0.3 is 10.0 Å². The number of likely N-dealkylation sites (tertiary alicyclic amines) is 1. The van der Waals surface area contributed by atoms with Crippen LogP contribution in [0.4, 0.5) is 0 Å². The molecule has 9 heteroatoms. The molecule has 17 heavy (non-hydrogen) atoms. The number of carboxylic acids is 1. The molecular formula is C8H12ClNO6S. The van der Waals surface area contributed by atoms with Gasteiger partial charge in [-0.2, -0.15) is 8.42 Å². The third-order valence-corrected chi connectivity index (χ3v) is 3.66. The Morgan fingerprint density at radius 2 is 2.18 bits per heavy atom. The molecule has 1 aliphatic rings. The third-order valence-electron chi connectivity index (χ3n) is 2.49. The predicted molar refractivity (Wildman–Crippen MR) is 58.4 cm³/mol. The lowest BCUT2D eigenvalue weighted by Gasteiger charge is -2.23. The maximum atomic E-state index is 11.5. The lowest BCUT2D eigenvalue weighted by Crippen LogP contribution is -2.46. The summed E-state index contributed by atoms with van der Waals surface area (Å²) in [6.45, 7) is 0.0921. The Hall–Kier alpha value is -0.860. The van der Waals surface area contributed by atoms with Gasteiger partial charge in [0.05, 0.1) is 0 Å². The van der Waals surface area contributed by atoms with Gasteiger partial charge in [-0.1, -0.05) is 0 Å². The van der Waals surface area contributed by atoms with Crippen LogP contribution in [0.5, 0.6) is 0 Å². The lowest BCUT2D eigenvalue weighted by molar-refractivity contribution is -0.147. The third kappa shape index (κ3) is 3.83. The van der Waals surface area contributed by atoms with Crippen LogP contribution in [-0.2, 0) is 19.7 Å². The van der Waals surface area contributed by atoms with Gasteiger partial charge in [0.15, 0.2) is 0 Å². The Balaban J connectivity index is 2.86. The molecule has 0 aromatic heterocycles. The quantitative estimate of drug-likeness (QED) is 0.516. The number of hydrogen-bond acceptors (Lipinski definition) is 4. The minimum Gasteiger partial charge on any atom is -0.480 e. The zero-order valence-electron chi connectivity index (χ0n) is 8.74. The molecular weight excluding hydrogens is 274 g/mol. The van der Waals surface area contributed by atoms with Crippen molar-refractivity contribution in [3.8, 4) is 0 Å².